The summed E-state index contributed by atoms with van der Waals surface area (Å²) in [6.45, 7) is 12.3. The van der Waals surface area contributed by atoms with Gasteiger partial charge in [0.1, 0.15) is 11.5 Å². The van der Waals surface area contributed by atoms with Crippen LogP contribution in [0.5, 0.6) is 0 Å². The van der Waals surface area contributed by atoms with E-state index in [0.29, 0.717) is 18.1 Å². The fourth-order valence-electron chi connectivity index (χ4n) is 3.00. The topological polar surface area (TPSA) is 37.6 Å². The Labute approximate surface area is 128 Å². The molecule has 120 valence electrons. The Morgan fingerprint density at radius 1 is 1.43 bits per heavy atom. The van der Waals surface area contributed by atoms with E-state index in [9.17, 15) is 0 Å². The molecule has 2 rings (SSSR count). The second kappa shape index (κ2) is 7.43. The van der Waals surface area contributed by atoms with E-state index in [0.717, 1.165) is 44.2 Å². The molecule has 0 aliphatic carbocycles. The molecule has 1 aromatic rings. The summed E-state index contributed by atoms with van der Waals surface area (Å²) in [5.74, 6) is 2.76. The molecule has 0 bridgehead atoms. The van der Waals surface area contributed by atoms with Crippen molar-refractivity contribution in [2.24, 2.45) is 5.92 Å². The van der Waals surface area contributed by atoms with Gasteiger partial charge < -0.3 is 14.5 Å². The predicted octanol–water partition coefficient (Wildman–Crippen LogP) is 2.94. The zero-order chi connectivity index (χ0) is 15.4. The SMILES string of the molecule is Cc1oc(CN(C)C2CCOC2C)cc1CNCC(C)C. The van der Waals surface area contributed by atoms with Crippen LogP contribution >= 0.6 is 0 Å². The minimum absolute atomic E-state index is 0.318. The van der Waals surface area contributed by atoms with Gasteiger partial charge in [0.05, 0.1) is 12.6 Å². The normalized spacial score (nSPS) is 22.6. The van der Waals surface area contributed by atoms with Crippen LogP contribution in [0.25, 0.3) is 0 Å². The highest BCUT2D eigenvalue weighted by atomic mass is 16.5. The third kappa shape index (κ3) is 4.56. The quantitative estimate of drug-likeness (QED) is 0.839. The largest absolute Gasteiger partial charge is 0.465 e. The first kappa shape index (κ1) is 16.5. The van der Waals surface area contributed by atoms with E-state index >= 15 is 0 Å². The lowest BCUT2D eigenvalue weighted by Crippen LogP contribution is -2.36. The number of rotatable bonds is 7. The Bertz CT molecular complexity index is 442. The molecule has 1 N–H and O–H groups in total. The monoisotopic (exact) mass is 294 g/mol. The van der Waals surface area contributed by atoms with Crippen LogP contribution in [0.4, 0.5) is 0 Å². The third-order valence-electron chi connectivity index (χ3n) is 4.25. The predicted molar refractivity (Wildman–Crippen MR) is 85.3 cm³/mol. The van der Waals surface area contributed by atoms with Crippen LogP contribution in [-0.4, -0.2) is 37.2 Å². The maximum atomic E-state index is 5.92. The number of furan rings is 1. The number of nitrogens with zero attached hydrogens (tertiary/aromatic N) is 1. The standard InChI is InChI=1S/C17H30N2O2/c1-12(2)9-18-10-15-8-16(21-13(15)3)11-19(5)17-6-7-20-14(17)4/h8,12,14,17-18H,6-7,9-11H2,1-5H3. The van der Waals surface area contributed by atoms with Gasteiger partial charge in [0.25, 0.3) is 0 Å². The summed E-state index contributed by atoms with van der Waals surface area (Å²) >= 11 is 0. The van der Waals surface area contributed by atoms with Crippen LogP contribution in [0.1, 0.15) is 44.3 Å². The zero-order valence-electron chi connectivity index (χ0n) is 14.1. The Morgan fingerprint density at radius 3 is 2.81 bits per heavy atom. The number of aryl methyl sites for hydroxylation is 1. The number of nitrogens with one attached hydrogen (secondary N) is 1. The molecule has 0 saturated carbocycles. The molecule has 0 aromatic carbocycles. The molecule has 1 aliphatic heterocycles. The van der Waals surface area contributed by atoms with Gasteiger partial charge in [0.2, 0.25) is 0 Å². The highest BCUT2D eigenvalue weighted by Gasteiger charge is 2.28. The molecule has 4 heteroatoms. The summed E-state index contributed by atoms with van der Waals surface area (Å²) in [7, 11) is 2.16. The molecule has 2 unspecified atom stereocenters. The van der Waals surface area contributed by atoms with Crippen molar-refractivity contribution in [1.29, 1.82) is 0 Å². The van der Waals surface area contributed by atoms with Crippen molar-refractivity contribution in [2.75, 3.05) is 20.2 Å². The summed E-state index contributed by atoms with van der Waals surface area (Å²) in [6.07, 6.45) is 1.43. The van der Waals surface area contributed by atoms with Crippen LogP contribution in [-0.2, 0) is 17.8 Å². The summed E-state index contributed by atoms with van der Waals surface area (Å²) in [5, 5.41) is 3.48. The van der Waals surface area contributed by atoms with Gasteiger partial charge in [-0.05, 0) is 45.8 Å². The van der Waals surface area contributed by atoms with Crippen LogP contribution in [0.3, 0.4) is 0 Å². The molecule has 4 nitrogen and oxygen atoms in total. The fraction of sp³-hybridized carbons (Fsp3) is 0.765. The highest BCUT2D eigenvalue weighted by molar-refractivity contribution is 5.20. The first-order valence-corrected chi connectivity index (χ1v) is 8.08. The molecule has 1 aromatic heterocycles. The molecule has 1 fully saturated rings. The van der Waals surface area contributed by atoms with Crippen molar-refractivity contribution in [3.8, 4) is 0 Å². The minimum atomic E-state index is 0.318. The van der Waals surface area contributed by atoms with Crippen molar-refractivity contribution in [3.05, 3.63) is 23.2 Å². The van der Waals surface area contributed by atoms with E-state index < -0.39 is 0 Å². The summed E-state index contributed by atoms with van der Waals surface area (Å²) in [4.78, 5) is 2.35. The average molecular weight is 294 g/mol. The first-order valence-electron chi connectivity index (χ1n) is 8.08. The van der Waals surface area contributed by atoms with Crippen LogP contribution in [0.2, 0.25) is 0 Å². The molecule has 21 heavy (non-hydrogen) atoms. The Kier molecular flexibility index (Phi) is 5.85. The lowest BCUT2D eigenvalue weighted by Gasteiger charge is -2.25. The number of hydrogen-bond donors (Lipinski definition) is 1. The van der Waals surface area contributed by atoms with E-state index in [-0.39, 0.29) is 0 Å². The van der Waals surface area contributed by atoms with Crippen molar-refractivity contribution in [1.82, 2.24) is 10.2 Å². The van der Waals surface area contributed by atoms with Gasteiger partial charge in [-0.25, -0.2) is 0 Å². The third-order valence-corrected chi connectivity index (χ3v) is 4.25. The van der Waals surface area contributed by atoms with Gasteiger partial charge in [-0.15, -0.1) is 0 Å². The molecule has 0 spiro atoms. The first-order chi connectivity index (χ1) is 9.97. The lowest BCUT2D eigenvalue weighted by molar-refractivity contribution is 0.0791. The van der Waals surface area contributed by atoms with Crippen molar-refractivity contribution < 1.29 is 9.15 Å². The maximum absolute atomic E-state index is 5.92. The Morgan fingerprint density at radius 2 is 2.19 bits per heavy atom. The van der Waals surface area contributed by atoms with Crippen molar-refractivity contribution in [2.45, 2.75) is 59.4 Å². The van der Waals surface area contributed by atoms with Gasteiger partial charge in [0, 0.05) is 24.8 Å². The molecular weight excluding hydrogens is 264 g/mol. The number of hydrogen-bond acceptors (Lipinski definition) is 4. The average Bonchev–Trinajstić information content (AvgIpc) is 2.96. The van der Waals surface area contributed by atoms with Crippen LogP contribution < -0.4 is 5.32 Å². The second-order valence-electron chi connectivity index (χ2n) is 6.67. The smallest absolute Gasteiger partial charge is 0.118 e. The van der Waals surface area contributed by atoms with E-state index in [4.69, 9.17) is 9.15 Å². The summed E-state index contributed by atoms with van der Waals surface area (Å²) in [5.41, 5.74) is 1.27. The fourth-order valence-corrected chi connectivity index (χ4v) is 3.00. The van der Waals surface area contributed by atoms with Crippen LogP contribution in [0, 0.1) is 12.8 Å². The molecule has 2 heterocycles. The molecule has 0 amide bonds. The molecular formula is C17H30N2O2. The van der Waals surface area contributed by atoms with Gasteiger partial charge in [0.15, 0.2) is 0 Å². The highest BCUT2D eigenvalue weighted by Crippen LogP contribution is 2.22. The lowest BCUT2D eigenvalue weighted by atomic mass is 10.1. The molecule has 1 aliphatic rings. The van der Waals surface area contributed by atoms with Gasteiger partial charge >= 0.3 is 0 Å². The van der Waals surface area contributed by atoms with Gasteiger partial charge in [-0.1, -0.05) is 13.8 Å². The molecule has 0 radical (unpaired) electrons. The zero-order valence-corrected chi connectivity index (χ0v) is 14.1. The maximum Gasteiger partial charge on any atom is 0.118 e. The van der Waals surface area contributed by atoms with E-state index in [1.54, 1.807) is 0 Å². The number of ether oxygens (including phenoxy) is 1. The van der Waals surface area contributed by atoms with E-state index in [1.165, 1.54) is 5.56 Å². The van der Waals surface area contributed by atoms with Crippen molar-refractivity contribution >= 4 is 0 Å². The van der Waals surface area contributed by atoms with Crippen molar-refractivity contribution in [3.63, 3.8) is 0 Å². The minimum Gasteiger partial charge on any atom is -0.465 e. The number of likely N-dealkylation sites (N-methyl/N-ethyl adjacent to an activating group) is 1. The van der Waals surface area contributed by atoms with E-state index in [1.807, 2.05) is 0 Å². The van der Waals surface area contributed by atoms with Gasteiger partial charge in [-0.3, -0.25) is 4.90 Å². The Hall–Kier alpha value is -0.840. The molecule has 1 saturated heterocycles. The van der Waals surface area contributed by atoms with Gasteiger partial charge in [-0.2, -0.15) is 0 Å². The summed E-state index contributed by atoms with van der Waals surface area (Å²) in [6, 6.07) is 2.69. The summed E-state index contributed by atoms with van der Waals surface area (Å²) < 4.78 is 11.6. The van der Waals surface area contributed by atoms with Crippen LogP contribution in [0.15, 0.2) is 10.5 Å². The molecule has 2 atom stereocenters. The Balaban J connectivity index is 1.89. The van der Waals surface area contributed by atoms with E-state index in [2.05, 4.69) is 51.0 Å². The second-order valence-corrected chi connectivity index (χ2v) is 6.67.